The van der Waals surface area contributed by atoms with Crippen LogP contribution in [0.3, 0.4) is 0 Å². The third-order valence-corrected chi connectivity index (χ3v) is 3.35. The van der Waals surface area contributed by atoms with Gasteiger partial charge in [-0.05, 0) is 48.4 Å². The number of hydrogen-bond donors (Lipinski definition) is 0. The van der Waals surface area contributed by atoms with E-state index in [1.54, 1.807) is 0 Å². The molecular weight excluding hydrogens is 329 g/mol. The molecule has 1 nitrogen and oxygen atoms in total. The number of carbonyl (C=O) groups excluding carboxylic acids is 1. The molecule has 1 atom stereocenters. The SMILES string of the molecule is CC1C(=O)C=C(c2cc(C(F)(F)F)cc(C(F)(F)F)c2)C=C1F. The first kappa shape index (κ1) is 17.2. The van der Waals surface area contributed by atoms with E-state index in [4.69, 9.17) is 0 Å². The molecule has 0 radical (unpaired) electrons. The van der Waals surface area contributed by atoms with Crippen molar-refractivity contribution in [1.82, 2.24) is 0 Å². The fourth-order valence-corrected chi connectivity index (χ4v) is 2.02. The lowest BCUT2D eigenvalue weighted by Gasteiger charge is -2.17. The van der Waals surface area contributed by atoms with Crippen LogP contribution in [0.4, 0.5) is 30.7 Å². The van der Waals surface area contributed by atoms with Crippen molar-refractivity contribution >= 4 is 11.4 Å². The number of ketones is 1. The van der Waals surface area contributed by atoms with Gasteiger partial charge in [0.15, 0.2) is 5.78 Å². The average Bonchev–Trinajstić information content (AvgIpc) is 2.41. The van der Waals surface area contributed by atoms with Crippen molar-refractivity contribution in [1.29, 1.82) is 0 Å². The zero-order valence-corrected chi connectivity index (χ0v) is 11.5. The molecule has 1 unspecified atom stereocenters. The van der Waals surface area contributed by atoms with Gasteiger partial charge in [0.2, 0.25) is 0 Å². The van der Waals surface area contributed by atoms with Gasteiger partial charge in [0.25, 0.3) is 0 Å². The summed E-state index contributed by atoms with van der Waals surface area (Å²) in [7, 11) is 0. The highest BCUT2D eigenvalue weighted by atomic mass is 19.4. The summed E-state index contributed by atoms with van der Waals surface area (Å²) in [6, 6.07) is 0.875. The minimum atomic E-state index is -5.01. The van der Waals surface area contributed by atoms with Gasteiger partial charge < -0.3 is 0 Å². The number of carbonyl (C=O) groups is 1. The van der Waals surface area contributed by atoms with E-state index in [1.165, 1.54) is 6.92 Å². The van der Waals surface area contributed by atoms with Crippen LogP contribution in [-0.2, 0) is 17.1 Å². The van der Waals surface area contributed by atoms with Gasteiger partial charge >= 0.3 is 12.4 Å². The highest BCUT2D eigenvalue weighted by Crippen LogP contribution is 2.38. The van der Waals surface area contributed by atoms with E-state index in [1.807, 2.05) is 0 Å². The maximum atomic E-state index is 13.6. The van der Waals surface area contributed by atoms with Gasteiger partial charge in [-0.25, -0.2) is 4.39 Å². The van der Waals surface area contributed by atoms with Crippen LogP contribution in [0.25, 0.3) is 5.57 Å². The Kier molecular flexibility index (Phi) is 4.13. The molecular formula is C15H9F7O. The number of halogens is 7. The molecule has 1 aliphatic carbocycles. The van der Waals surface area contributed by atoms with Gasteiger partial charge in [-0.15, -0.1) is 0 Å². The monoisotopic (exact) mass is 338 g/mol. The van der Waals surface area contributed by atoms with Gasteiger partial charge in [-0.2, -0.15) is 26.3 Å². The quantitative estimate of drug-likeness (QED) is 0.645. The van der Waals surface area contributed by atoms with Crippen molar-refractivity contribution in [3.05, 3.63) is 52.9 Å². The van der Waals surface area contributed by atoms with Crippen molar-refractivity contribution in [2.24, 2.45) is 5.92 Å². The number of benzene rings is 1. The number of allylic oxidation sites excluding steroid dienone is 4. The zero-order chi connectivity index (χ0) is 17.6. The molecule has 8 heteroatoms. The summed E-state index contributed by atoms with van der Waals surface area (Å²) in [5, 5.41) is 0. The number of hydrogen-bond acceptors (Lipinski definition) is 1. The largest absolute Gasteiger partial charge is 0.416 e. The second-order valence-electron chi connectivity index (χ2n) is 5.05. The first-order valence-electron chi connectivity index (χ1n) is 6.32. The van der Waals surface area contributed by atoms with Crippen LogP contribution in [0.5, 0.6) is 0 Å². The van der Waals surface area contributed by atoms with Gasteiger partial charge in [-0.1, -0.05) is 0 Å². The highest BCUT2D eigenvalue weighted by Gasteiger charge is 2.37. The van der Waals surface area contributed by atoms with Gasteiger partial charge in [0, 0.05) is 0 Å². The normalized spacial score (nSPS) is 19.5. The van der Waals surface area contributed by atoms with Crippen LogP contribution in [0, 0.1) is 5.92 Å². The fraction of sp³-hybridized carbons (Fsp3) is 0.267. The van der Waals surface area contributed by atoms with E-state index >= 15 is 0 Å². The molecule has 2 rings (SSSR count). The van der Waals surface area contributed by atoms with E-state index in [2.05, 4.69) is 0 Å². The van der Waals surface area contributed by atoms with E-state index in [0.717, 1.165) is 12.2 Å². The Hall–Kier alpha value is -2.12. The maximum Gasteiger partial charge on any atom is 0.416 e. The van der Waals surface area contributed by atoms with Crippen LogP contribution >= 0.6 is 0 Å². The first-order valence-corrected chi connectivity index (χ1v) is 6.32. The lowest BCUT2D eigenvalue weighted by molar-refractivity contribution is -0.143. The third-order valence-electron chi connectivity index (χ3n) is 3.35. The van der Waals surface area contributed by atoms with Crippen LogP contribution in [0.15, 0.2) is 36.2 Å². The Labute approximate surface area is 126 Å². The number of alkyl halides is 6. The van der Waals surface area contributed by atoms with E-state index < -0.39 is 46.6 Å². The summed E-state index contributed by atoms with van der Waals surface area (Å²) in [6.45, 7) is 1.24. The van der Waals surface area contributed by atoms with Crippen LogP contribution in [0.2, 0.25) is 0 Å². The molecule has 1 aromatic rings. The second kappa shape index (κ2) is 5.50. The molecule has 0 heterocycles. The van der Waals surface area contributed by atoms with Crippen LogP contribution < -0.4 is 0 Å². The lowest BCUT2D eigenvalue weighted by Crippen LogP contribution is -2.14. The smallest absolute Gasteiger partial charge is 0.294 e. The number of rotatable bonds is 1. The van der Waals surface area contributed by atoms with Gasteiger partial charge in [0.1, 0.15) is 5.83 Å². The van der Waals surface area contributed by atoms with Gasteiger partial charge in [-0.3, -0.25) is 4.79 Å². The molecule has 0 N–H and O–H groups in total. The Balaban J connectivity index is 2.64. The van der Waals surface area contributed by atoms with Crippen LogP contribution in [0.1, 0.15) is 23.6 Å². The first-order chi connectivity index (χ1) is 10.4. The molecule has 0 spiro atoms. The van der Waals surface area contributed by atoms with Crippen molar-refractivity contribution in [3.63, 3.8) is 0 Å². The summed E-state index contributed by atoms with van der Waals surface area (Å²) in [5.41, 5.74) is -3.91. The van der Waals surface area contributed by atoms with Crippen molar-refractivity contribution in [2.75, 3.05) is 0 Å². The third kappa shape index (κ3) is 3.62. The van der Waals surface area contributed by atoms with Gasteiger partial charge in [0.05, 0.1) is 17.0 Å². The molecule has 124 valence electrons. The molecule has 1 aromatic carbocycles. The zero-order valence-electron chi connectivity index (χ0n) is 11.5. The van der Waals surface area contributed by atoms with E-state index in [9.17, 15) is 35.5 Å². The van der Waals surface area contributed by atoms with E-state index in [-0.39, 0.29) is 11.6 Å². The minimum absolute atomic E-state index is 0.0304. The Bertz CT molecular complexity index is 675. The Morgan fingerprint density at radius 3 is 1.74 bits per heavy atom. The van der Waals surface area contributed by atoms with Crippen molar-refractivity contribution < 1.29 is 35.5 Å². The molecule has 0 saturated carbocycles. The summed E-state index contributed by atoms with van der Waals surface area (Å²) >= 11 is 0. The average molecular weight is 338 g/mol. The van der Waals surface area contributed by atoms with Crippen molar-refractivity contribution in [3.8, 4) is 0 Å². The lowest BCUT2D eigenvalue weighted by atomic mass is 9.90. The summed E-state index contributed by atoms with van der Waals surface area (Å²) < 4.78 is 90.2. The topological polar surface area (TPSA) is 17.1 Å². The van der Waals surface area contributed by atoms with Crippen LogP contribution in [-0.4, -0.2) is 5.78 Å². The molecule has 1 aliphatic rings. The van der Waals surface area contributed by atoms with Crippen molar-refractivity contribution in [2.45, 2.75) is 19.3 Å². The second-order valence-corrected chi connectivity index (χ2v) is 5.05. The Morgan fingerprint density at radius 2 is 1.35 bits per heavy atom. The molecule has 0 bridgehead atoms. The Morgan fingerprint density at radius 1 is 0.870 bits per heavy atom. The highest BCUT2D eigenvalue weighted by molar-refractivity contribution is 6.03. The predicted octanol–water partition coefficient (Wildman–Crippen LogP) is 5.18. The summed E-state index contributed by atoms with van der Waals surface area (Å²) in [6.07, 6.45) is -8.42. The van der Waals surface area contributed by atoms with E-state index in [0.29, 0.717) is 12.1 Å². The molecule has 0 saturated heterocycles. The maximum absolute atomic E-state index is 13.6. The summed E-state index contributed by atoms with van der Waals surface area (Å²) in [5.74, 6) is -2.75. The standard InChI is InChI=1S/C15H9F7O/c1-7-12(16)4-9(5-13(7)23)8-2-10(14(17,18)19)6-11(3-8)15(20,21)22/h2-7H,1H3. The minimum Gasteiger partial charge on any atom is -0.294 e. The molecule has 0 amide bonds. The fourth-order valence-electron chi connectivity index (χ4n) is 2.02. The predicted molar refractivity (Wildman–Crippen MR) is 67.8 cm³/mol. The molecule has 0 aromatic heterocycles. The molecule has 0 fully saturated rings. The summed E-state index contributed by atoms with van der Waals surface area (Å²) in [4.78, 5) is 11.6. The molecule has 0 aliphatic heterocycles. The molecule has 23 heavy (non-hydrogen) atoms.